The van der Waals surface area contributed by atoms with Gasteiger partial charge in [-0.05, 0) is 79.1 Å². The highest BCUT2D eigenvalue weighted by Crippen LogP contribution is 2.55. The van der Waals surface area contributed by atoms with Crippen LogP contribution in [0.4, 0.5) is 0 Å². The average Bonchev–Trinajstić information content (AvgIpc) is 2.90. The highest BCUT2D eigenvalue weighted by Gasteiger charge is 2.37. The number of nitrogens with two attached hydrogens (primary N) is 1. The summed E-state index contributed by atoms with van der Waals surface area (Å²) in [6.07, 6.45) is 3.37. The molecule has 3 rings (SSSR count). The Kier molecular flexibility index (Phi) is 13.5. The summed E-state index contributed by atoms with van der Waals surface area (Å²) in [6, 6.07) is 12.6. The number of rotatable bonds is 12. The molecule has 0 aromatic heterocycles. The third kappa shape index (κ3) is 10.9. The van der Waals surface area contributed by atoms with E-state index in [0.29, 0.717) is 5.92 Å². The molecule has 0 bridgehead atoms. The van der Waals surface area contributed by atoms with Crippen LogP contribution in [0.25, 0.3) is 0 Å². The van der Waals surface area contributed by atoms with Gasteiger partial charge in [0.25, 0.3) is 0 Å². The Balaban J connectivity index is 0.000000976. The summed E-state index contributed by atoms with van der Waals surface area (Å²) in [7, 11) is 4.82. The summed E-state index contributed by atoms with van der Waals surface area (Å²) in [4.78, 5) is 2.45. The summed E-state index contributed by atoms with van der Waals surface area (Å²) >= 11 is 4.18. The number of hydrogen-bond acceptors (Lipinski definition) is 9. The lowest BCUT2D eigenvalue weighted by atomic mass is 9.98. The van der Waals surface area contributed by atoms with Crippen molar-refractivity contribution in [1.29, 1.82) is 0 Å². The summed E-state index contributed by atoms with van der Waals surface area (Å²) in [5.41, 5.74) is 2.59. The summed E-state index contributed by atoms with van der Waals surface area (Å²) in [5.74, 6) is 6.12. The SMILES string of the molecule is COc1ccc(CCN(C)C[C@H](C)CC2(c3ccc(OC)c(OC)c3)SCCCS2)cc1OC.NS(=O)(=O)O. The molecular formula is C27H42N2O7S3. The molecule has 0 spiro atoms. The number of thioether (sulfide) groups is 2. The third-order valence-corrected chi connectivity index (χ3v) is 9.68. The number of nitrogens with zero attached hydrogens (tertiary/aromatic N) is 1. The standard InChI is InChI=1S/C27H39NO4S2.H3NO3S/c1-20(19-28(2)13-12-21-8-10-23(29-3)25(16-21)31-5)18-27(33-14-7-15-34-27)22-9-11-24(30-4)26(17-22)32-6;1-5(2,3)4/h8-11,16-17,20H,7,12-15,18-19H2,1-6H3;(H3,1,2,3,4)/t20-;/m1./s1. The van der Waals surface area contributed by atoms with E-state index in [2.05, 4.69) is 71.8 Å². The number of benzene rings is 2. The van der Waals surface area contributed by atoms with Crippen molar-refractivity contribution in [2.24, 2.45) is 11.1 Å². The Bertz CT molecular complexity index is 1130. The molecule has 12 heteroatoms. The minimum atomic E-state index is -4.17. The Morgan fingerprint density at radius 1 is 0.949 bits per heavy atom. The number of ether oxygens (including phenoxy) is 4. The molecule has 0 unspecified atom stereocenters. The van der Waals surface area contributed by atoms with Gasteiger partial charge in [-0.1, -0.05) is 19.1 Å². The van der Waals surface area contributed by atoms with Crippen LogP contribution in [0.5, 0.6) is 23.0 Å². The molecule has 1 heterocycles. The fourth-order valence-corrected chi connectivity index (χ4v) is 8.20. The molecular weight excluding hydrogens is 561 g/mol. The number of likely N-dealkylation sites (N-methyl/N-ethyl adjacent to an activating group) is 1. The molecule has 0 saturated carbocycles. The maximum atomic E-state index is 8.97. The second-order valence-electron chi connectivity index (χ2n) is 9.40. The molecule has 2 aromatic rings. The number of hydrogen-bond donors (Lipinski definition) is 2. The molecule has 1 aliphatic heterocycles. The van der Waals surface area contributed by atoms with Crippen molar-refractivity contribution >= 4 is 33.8 Å². The van der Waals surface area contributed by atoms with Crippen LogP contribution in [-0.2, 0) is 20.8 Å². The van der Waals surface area contributed by atoms with Crippen molar-refractivity contribution in [2.75, 3.05) is 60.1 Å². The van der Waals surface area contributed by atoms with E-state index in [0.717, 1.165) is 48.9 Å². The smallest absolute Gasteiger partial charge is 0.330 e. The monoisotopic (exact) mass is 602 g/mol. The van der Waals surface area contributed by atoms with Gasteiger partial charge in [-0.25, -0.2) is 5.14 Å². The largest absolute Gasteiger partial charge is 0.493 e. The van der Waals surface area contributed by atoms with Gasteiger partial charge >= 0.3 is 10.3 Å². The third-order valence-electron chi connectivity index (χ3n) is 6.25. The van der Waals surface area contributed by atoms with E-state index in [4.69, 9.17) is 31.9 Å². The van der Waals surface area contributed by atoms with Gasteiger partial charge in [-0.3, -0.25) is 4.55 Å². The van der Waals surface area contributed by atoms with Gasteiger partial charge in [0.2, 0.25) is 0 Å². The molecule has 9 nitrogen and oxygen atoms in total. The zero-order chi connectivity index (χ0) is 29.1. The molecule has 0 radical (unpaired) electrons. The lowest BCUT2D eigenvalue weighted by Crippen LogP contribution is -2.32. The first kappa shape index (κ1) is 33.4. The van der Waals surface area contributed by atoms with E-state index in [9.17, 15) is 0 Å². The maximum absolute atomic E-state index is 8.97. The molecule has 1 atom stereocenters. The van der Waals surface area contributed by atoms with Crippen LogP contribution >= 0.6 is 23.5 Å². The topological polar surface area (TPSA) is 121 Å². The van der Waals surface area contributed by atoms with Crippen LogP contribution in [0, 0.1) is 5.92 Å². The average molecular weight is 603 g/mol. The predicted octanol–water partition coefficient (Wildman–Crippen LogP) is 4.69. The fraction of sp³-hybridized carbons (Fsp3) is 0.556. The summed E-state index contributed by atoms with van der Waals surface area (Å²) in [5, 5.41) is 3.88. The first-order valence-electron chi connectivity index (χ1n) is 12.6. The molecule has 3 N–H and O–H groups in total. The Labute approximate surface area is 242 Å². The number of methoxy groups -OCH3 is 4. The van der Waals surface area contributed by atoms with Crippen LogP contribution in [0.3, 0.4) is 0 Å². The fourth-order valence-electron chi connectivity index (χ4n) is 4.55. The molecule has 1 saturated heterocycles. The van der Waals surface area contributed by atoms with Gasteiger partial charge in [0, 0.05) is 13.1 Å². The minimum absolute atomic E-state index is 0.0570. The van der Waals surface area contributed by atoms with Crippen LogP contribution in [0.15, 0.2) is 36.4 Å². The second kappa shape index (κ2) is 15.8. The van der Waals surface area contributed by atoms with Gasteiger partial charge < -0.3 is 23.8 Å². The van der Waals surface area contributed by atoms with E-state index in [1.165, 1.54) is 29.1 Å². The molecule has 39 heavy (non-hydrogen) atoms. The molecule has 1 aliphatic rings. The van der Waals surface area contributed by atoms with Crippen LogP contribution < -0.4 is 24.1 Å². The molecule has 0 aliphatic carbocycles. The van der Waals surface area contributed by atoms with Crippen molar-refractivity contribution in [1.82, 2.24) is 4.90 Å². The quantitative estimate of drug-likeness (QED) is 0.331. The second-order valence-corrected chi connectivity index (χ2v) is 13.5. The minimum Gasteiger partial charge on any atom is -0.493 e. The lowest BCUT2D eigenvalue weighted by molar-refractivity contribution is 0.277. The highest BCUT2D eigenvalue weighted by molar-refractivity contribution is 8.18. The molecule has 220 valence electrons. The first-order chi connectivity index (χ1) is 18.4. The van der Waals surface area contributed by atoms with E-state index in [1.54, 1.807) is 28.4 Å². The van der Waals surface area contributed by atoms with E-state index in [1.807, 2.05) is 12.1 Å². The normalized spacial score (nSPS) is 15.6. The van der Waals surface area contributed by atoms with E-state index in [-0.39, 0.29) is 4.08 Å². The summed E-state index contributed by atoms with van der Waals surface area (Å²) in [6.45, 7) is 4.44. The zero-order valence-corrected chi connectivity index (χ0v) is 26.1. The van der Waals surface area contributed by atoms with E-state index < -0.39 is 10.3 Å². The van der Waals surface area contributed by atoms with Gasteiger partial charge in [0.1, 0.15) is 0 Å². The Morgan fingerprint density at radius 3 is 2.00 bits per heavy atom. The van der Waals surface area contributed by atoms with Crippen LogP contribution in [0.1, 0.15) is 30.9 Å². The zero-order valence-electron chi connectivity index (χ0n) is 23.6. The van der Waals surface area contributed by atoms with Gasteiger partial charge in [-0.2, -0.15) is 8.42 Å². The maximum Gasteiger partial charge on any atom is 0.330 e. The Morgan fingerprint density at radius 2 is 1.46 bits per heavy atom. The van der Waals surface area contributed by atoms with Gasteiger partial charge in [-0.15, -0.1) is 23.5 Å². The van der Waals surface area contributed by atoms with Gasteiger partial charge in [0.05, 0.1) is 32.5 Å². The highest BCUT2D eigenvalue weighted by atomic mass is 32.2. The van der Waals surface area contributed by atoms with Crippen molar-refractivity contribution < 1.29 is 31.9 Å². The summed E-state index contributed by atoms with van der Waals surface area (Å²) < 4.78 is 47.2. The van der Waals surface area contributed by atoms with Crippen molar-refractivity contribution in [3.63, 3.8) is 0 Å². The molecule has 0 amide bonds. The van der Waals surface area contributed by atoms with Crippen molar-refractivity contribution in [3.8, 4) is 23.0 Å². The van der Waals surface area contributed by atoms with Gasteiger partial charge in [0.15, 0.2) is 23.0 Å². The van der Waals surface area contributed by atoms with Crippen molar-refractivity contribution in [2.45, 2.75) is 30.3 Å². The Hall–Kier alpha value is -1.83. The van der Waals surface area contributed by atoms with Crippen LogP contribution in [0.2, 0.25) is 0 Å². The molecule has 2 aromatic carbocycles. The van der Waals surface area contributed by atoms with Crippen LogP contribution in [-0.4, -0.2) is 78.0 Å². The lowest BCUT2D eigenvalue weighted by Gasteiger charge is -2.39. The molecule has 1 fully saturated rings. The first-order valence-corrected chi connectivity index (χ1v) is 16.1. The predicted molar refractivity (Wildman–Crippen MR) is 161 cm³/mol. The van der Waals surface area contributed by atoms with E-state index >= 15 is 0 Å². The van der Waals surface area contributed by atoms with Crippen molar-refractivity contribution in [3.05, 3.63) is 47.5 Å².